The maximum absolute atomic E-state index is 12.6. The first-order valence-electron chi connectivity index (χ1n) is 9.47. The highest BCUT2D eigenvalue weighted by atomic mass is 16.5. The lowest BCUT2D eigenvalue weighted by molar-refractivity contribution is -0.144. The second-order valence-electron chi connectivity index (χ2n) is 7.52. The highest BCUT2D eigenvalue weighted by molar-refractivity contribution is 5.85. The molecule has 27 heavy (non-hydrogen) atoms. The molecule has 4 rings (SSSR count). The van der Waals surface area contributed by atoms with E-state index < -0.39 is 0 Å². The van der Waals surface area contributed by atoms with Gasteiger partial charge in [0.15, 0.2) is 5.76 Å². The molecule has 0 aromatic carbocycles. The van der Waals surface area contributed by atoms with Crippen molar-refractivity contribution in [3.63, 3.8) is 0 Å². The summed E-state index contributed by atoms with van der Waals surface area (Å²) in [5.41, 5.74) is -0.354. The third kappa shape index (κ3) is 3.48. The van der Waals surface area contributed by atoms with Crippen LogP contribution in [0.4, 0.5) is 0 Å². The lowest BCUT2D eigenvalue weighted by Gasteiger charge is -2.37. The van der Waals surface area contributed by atoms with Crippen LogP contribution < -0.4 is 0 Å². The highest BCUT2D eigenvalue weighted by Gasteiger charge is 2.48. The number of amides is 2. The summed E-state index contributed by atoms with van der Waals surface area (Å²) in [5, 5.41) is 3.89. The minimum Gasteiger partial charge on any atom is -0.461 e. The number of aromatic nitrogens is 2. The Hall–Kier alpha value is -2.64. The fourth-order valence-corrected chi connectivity index (χ4v) is 4.14. The van der Waals surface area contributed by atoms with Crippen LogP contribution in [0.15, 0.2) is 27.3 Å². The number of likely N-dealkylation sites (tertiary alicyclic amines) is 2. The van der Waals surface area contributed by atoms with E-state index in [0.29, 0.717) is 49.8 Å². The molecule has 0 saturated carbocycles. The molecule has 1 atom stereocenters. The van der Waals surface area contributed by atoms with Gasteiger partial charge >= 0.3 is 0 Å². The number of rotatable bonds is 5. The molecule has 2 aromatic rings. The lowest BCUT2D eigenvalue weighted by Crippen LogP contribution is -2.48. The summed E-state index contributed by atoms with van der Waals surface area (Å²) in [4.78, 5) is 33.1. The number of carbonyl (C=O) groups is 2. The molecule has 0 aliphatic carbocycles. The molecule has 2 aliphatic heterocycles. The van der Waals surface area contributed by atoms with E-state index in [1.54, 1.807) is 18.4 Å². The minimum absolute atomic E-state index is 0.0960. The van der Waals surface area contributed by atoms with Crippen molar-refractivity contribution in [3.8, 4) is 11.6 Å². The molecule has 0 N–H and O–H groups in total. The van der Waals surface area contributed by atoms with Gasteiger partial charge in [-0.25, -0.2) is 0 Å². The average molecular weight is 372 g/mol. The maximum Gasteiger partial charge on any atom is 0.238 e. The largest absolute Gasteiger partial charge is 0.461 e. The van der Waals surface area contributed by atoms with E-state index in [4.69, 9.17) is 8.94 Å². The van der Waals surface area contributed by atoms with Gasteiger partial charge in [0.05, 0.1) is 11.7 Å². The molecule has 0 unspecified atom stereocenters. The summed E-state index contributed by atoms with van der Waals surface area (Å²) in [6.07, 6.45) is 5.82. The van der Waals surface area contributed by atoms with Gasteiger partial charge in [-0.15, -0.1) is 0 Å². The molecule has 0 radical (unpaired) electrons. The summed E-state index contributed by atoms with van der Waals surface area (Å²) in [5.74, 6) is 1.77. The zero-order chi connectivity index (χ0) is 18.9. The van der Waals surface area contributed by atoms with Crippen LogP contribution in [0.5, 0.6) is 0 Å². The molecular weight excluding hydrogens is 348 g/mol. The number of hydrogen-bond acceptors (Lipinski definition) is 6. The number of carbonyl (C=O) groups excluding carboxylic acids is 2. The third-order valence-electron chi connectivity index (χ3n) is 5.65. The van der Waals surface area contributed by atoms with Crippen molar-refractivity contribution in [2.45, 2.75) is 38.5 Å². The predicted molar refractivity (Wildman–Crippen MR) is 95.4 cm³/mol. The van der Waals surface area contributed by atoms with Crippen molar-refractivity contribution in [2.75, 3.05) is 26.7 Å². The Morgan fingerprint density at radius 1 is 1.33 bits per heavy atom. The molecular formula is C19H24N4O4. The number of nitrogens with zero attached hydrogens (tertiary/aromatic N) is 4. The van der Waals surface area contributed by atoms with Crippen LogP contribution in [-0.2, 0) is 16.0 Å². The summed E-state index contributed by atoms with van der Waals surface area (Å²) < 4.78 is 10.5. The van der Waals surface area contributed by atoms with Crippen LogP contribution in [-0.4, -0.2) is 58.4 Å². The average Bonchev–Trinajstić information content (AvgIpc) is 3.40. The molecule has 2 aromatic heterocycles. The normalized spacial score (nSPS) is 22.8. The van der Waals surface area contributed by atoms with Crippen molar-refractivity contribution in [1.82, 2.24) is 19.9 Å². The van der Waals surface area contributed by atoms with Gasteiger partial charge in [0.1, 0.15) is 0 Å². The van der Waals surface area contributed by atoms with Crippen molar-refractivity contribution in [2.24, 2.45) is 5.41 Å². The van der Waals surface area contributed by atoms with Crippen LogP contribution in [0, 0.1) is 5.41 Å². The SMILES string of the molecule is CN1CCC[C@]2(CCN(C(=O)CCCc3nc(-c4ccco4)no3)C2)C1=O. The quantitative estimate of drug-likeness (QED) is 0.798. The lowest BCUT2D eigenvalue weighted by atomic mass is 9.78. The molecule has 4 heterocycles. The number of piperidine rings is 1. The fourth-order valence-electron chi connectivity index (χ4n) is 4.14. The Labute approximate surface area is 157 Å². The van der Waals surface area contributed by atoms with Crippen LogP contribution >= 0.6 is 0 Å². The van der Waals surface area contributed by atoms with E-state index in [1.165, 1.54) is 0 Å². The van der Waals surface area contributed by atoms with Crippen LogP contribution in [0.2, 0.25) is 0 Å². The van der Waals surface area contributed by atoms with E-state index in [1.807, 2.05) is 16.8 Å². The van der Waals surface area contributed by atoms with Crippen molar-refractivity contribution < 1.29 is 18.5 Å². The minimum atomic E-state index is -0.354. The van der Waals surface area contributed by atoms with Gasteiger partial charge in [-0.3, -0.25) is 9.59 Å². The van der Waals surface area contributed by atoms with Gasteiger partial charge < -0.3 is 18.7 Å². The monoisotopic (exact) mass is 372 g/mol. The Kier molecular flexibility index (Phi) is 4.72. The summed E-state index contributed by atoms with van der Waals surface area (Å²) in [6, 6.07) is 3.53. The smallest absolute Gasteiger partial charge is 0.238 e. The zero-order valence-corrected chi connectivity index (χ0v) is 15.5. The van der Waals surface area contributed by atoms with Gasteiger partial charge in [0.2, 0.25) is 23.5 Å². The molecule has 2 amide bonds. The Bertz CT molecular complexity index is 816. The first kappa shape index (κ1) is 17.8. The summed E-state index contributed by atoms with van der Waals surface area (Å²) in [7, 11) is 1.86. The maximum atomic E-state index is 12.6. The first-order valence-corrected chi connectivity index (χ1v) is 9.47. The number of aryl methyl sites for hydroxylation is 1. The topological polar surface area (TPSA) is 92.7 Å². The molecule has 1 spiro atoms. The van der Waals surface area contributed by atoms with Crippen molar-refractivity contribution in [3.05, 3.63) is 24.3 Å². The third-order valence-corrected chi connectivity index (χ3v) is 5.65. The van der Waals surface area contributed by atoms with E-state index in [2.05, 4.69) is 10.1 Å². The van der Waals surface area contributed by atoms with Gasteiger partial charge in [-0.2, -0.15) is 4.98 Å². The van der Waals surface area contributed by atoms with Gasteiger partial charge in [0, 0.05) is 39.5 Å². The van der Waals surface area contributed by atoms with Gasteiger partial charge in [0.25, 0.3) is 0 Å². The Morgan fingerprint density at radius 2 is 2.22 bits per heavy atom. The second kappa shape index (κ2) is 7.17. The zero-order valence-electron chi connectivity index (χ0n) is 15.5. The standard InChI is InChI=1S/C19H24N4O4/c1-22-10-4-8-19(18(22)25)9-11-23(13-19)16(24)7-2-6-15-20-17(21-27-15)14-5-3-12-26-14/h3,5,12H,2,4,6-11,13H2,1H3/t19-/m1/s1. The summed E-state index contributed by atoms with van der Waals surface area (Å²) in [6.45, 7) is 2.04. The molecule has 8 heteroatoms. The van der Waals surface area contributed by atoms with E-state index in [-0.39, 0.29) is 17.2 Å². The van der Waals surface area contributed by atoms with E-state index >= 15 is 0 Å². The molecule has 2 aliphatic rings. The van der Waals surface area contributed by atoms with Gasteiger partial charge in [-0.05, 0) is 37.8 Å². The van der Waals surface area contributed by atoms with E-state index in [0.717, 1.165) is 25.8 Å². The van der Waals surface area contributed by atoms with Crippen LogP contribution in [0.25, 0.3) is 11.6 Å². The van der Waals surface area contributed by atoms with Crippen LogP contribution in [0.3, 0.4) is 0 Å². The molecule has 2 saturated heterocycles. The predicted octanol–water partition coefficient (Wildman–Crippen LogP) is 2.12. The fraction of sp³-hybridized carbons (Fsp3) is 0.579. The van der Waals surface area contributed by atoms with Crippen molar-refractivity contribution >= 4 is 11.8 Å². The molecule has 0 bridgehead atoms. The molecule has 8 nitrogen and oxygen atoms in total. The Morgan fingerprint density at radius 3 is 3.04 bits per heavy atom. The van der Waals surface area contributed by atoms with Gasteiger partial charge in [-0.1, -0.05) is 5.16 Å². The van der Waals surface area contributed by atoms with Crippen LogP contribution in [0.1, 0.15) is 38.0 Å². The van der Waals surface area contributed by atoms with Crippen molar-refractivity contribution in [1.29, 1.82) is 0 Å². The van der Waals surface area contributed by atoms with E-state index in [9.17, 15) is 9.59 Å². The molecule has 2 fully saturated rings. The molecule has 144 valence electrons. The summed E-state index contributed by atoms with van der Waals surface area (Å²) >= 11 is 0. The Balaban J connectivity index is 1.27. The highest BCUT2D eigenvalue weighted by Crippen LogP contribution is 2.39. The number of furan rings is 1. The number of hydrogen-bond donors (Lipinski definition) is 0. The first-order chi connectivity index (χ1) is 13.1. The second-order valence-corrected chi connectivity index (χ2v) is 7.52.